The molecule has 0 bridgehead atoms. The van der Waals surface area contributed by atoms with E-state index in [2.05, 4.69) is 0 Å². The van der Waals surface area contributed by atoms with Crippen LogP contribution in [0.5, 0.6) is 0 Å². The lowest BCUT2D eigenvalue weighted by Crippen LogP contribution is -2.19. The number of rotatable bonds is 6. The predicted octanol–water partition coefficient (Wildman–Crippen LogP) is 6.01. The number of alkyl halides is 1. The Morgan fingerprint density at radius 3 is 1.52 bits per heavy atom. The van der Waals surface area contributed by atoms with Gasteiger partial charge in [-0.2, -0.15) is 0 Å². The number of hydrogen-bond acceptors (Lipinski definition) is 2. The summed E-state index contributed by atoms with van der Waals surface area (Å²) in [5.41, 5.74) is 1.84. The van der Waals surface area contributed by atoms with Crippen molar-refractivity contribution in [3.8, 4) is 0 Å². The molecule has 1 atom stereocenters. The van der Waals surface area contributed by atoms with Crippen molar-refractivity contribution in [1.82, 2.24) is 0 Å². The number of carbonyl (C=O) groups is 2. The van der Waals surface area contributed by atoms with Crippen LogP contribution in [0.1, 0.15) is 26.3 Å². The molecule has 0 aliphatic rings. The molecule has 0 N–H and O–H groups in total. The van der Waals surface area contributed by atoms with Gasteiger partial charge in [-0.1, -0.05) is 103 Å². The Hall–Kier alpha value is -2.68. The van der Waals surface area contributed by atoms with Gasteiger partial charge in [-0.25, -0.2) is 0 Å². The Bertz CT molecular complexity index is 965. The molecule has 0 aliphatic carbocycles. The fourth-order valence-electron chi connectivity index (χ4n) is 2.72. The Kier molecular flexibility index (Phi) is 6.23. The molecule has 0 aliphatic heterocycles. The summed E-state index contributed by atoms with van der Waals surface area (Å²) in [6, 6.07) is 26.4. The Balaban J connectivity index is 2.09. The molecule has 1 unspecified atom stereocenters. The molecule has 2 nitrogen and oxygen atoms in total. The van der Waals surface area contributed by atoms with Gasteiger partial charge in [0.05, 0.1) is 5.03 Å². The number of allylic oxidation sites excluding steroid dienone is 2. The molecule has 4 heteroatoms. The molecule has 27 heavy (non-hydrogen) atoms. The van der Waals surface area contributed by atoms with Crippen molar-refractivity contribution in [2.24, 2.45) is 0 Å². The van der Waals surface area contributed by atoms with Gasteiger partial charge in [0.25, 0.3) is 0 Å². The number of benzene rings is 3. The second kappa shape index (κ2) is 8.81. The molecule has 0 fully saturated rings. The van der Waals surface area contributed by atoms with E-state index < -0.39 is 5.38 Å². The van der Waals surface area contributed by atoms with Gasteiger partial charge in [-0.05, 0) is 5.56 Å². The molecule has 0 saturated heterocycles. The smallest absolute Gasteiger partial charge is 0.204 e. The summed E-state index contributed by atoms with van der Waals surface area (Å²) in [6.45, 7) is 0. The Morgan fingerprint density at radius 1 is 0.630 bits per heavy atom. The zero-order valence-electron chi connectivity index (χ0n) is 14.3. The van der Waals surface area contributed by atoms with Gasteiger partial charge in [-0.3, -0.25) is 9.59 Å². The lowest BCUT2D eigenvalue weighted by molar-refractivity contribution is 0.100. The molecule has 0 radical (unpaired) electrons. The van der Waals surface area contributed by atoms with Gasteiger partial charge >= 0.3 is 0 Å². The van der Waals surface area contributed by atoms with Crippen LogP contribution in [0.25, 0.3) is 5.57 Å². The molecule has 0 aromatic heterocycles. The molecule has 134 valence electrons. The monoisotopic (exact) mass is 394 g/mol. The van der Waals surface area contributed by atoms with E-state index in [1.165, 1.54) is 0 Å². The zero-order chi connectivity index (χ0) is 19.2. The Labute approximate surface area is 168 Å². The SMILES string of the molecule is O=C(C(Cl)=C(c1ccccc1)C(Cl)C(=O)c1ccccc1)c1ccccc1. The summed E-state index contributed by atoms with van der Waals surface area (Å²) in [4.78, 5) is 25.8. The van der Waals surface area contributed by atoms with Gasteiger partial charge in [0.15, 0.2) is 5.78 Å². The molecule has 3 rings (SSSR count). The van der Waals surface area contributed by atoms with E-state index in [9.17, 15) is 9.59 Å². The average molecular weight is 395 g/mol. The maximum Gasteiger partial charge on any atom is 0.204 e. The number of ketones is 2. The van der Waals surface area contributed by atoms with E-state index in [0.29, 0.717) is 22.3 Å². The molecule has 0 spiro atoms. The van der Waals surface area contributed by atoms with E-state index in [1.54, 1.807) is 60.7 Å². The summed E-state index contributed by atoms with van der Waals surface area (Å²) >= 11 is 13.0. The van der Waals surface area contributed by atoms with Crippen molar-refractivity contribution < 1.29 is 9.59 Å². The molecular weight excluding hydrogens is 379 g/mol. The lowest BCUT2D eigenvalue weighted by atomic mass is 9.94. The lowest BCUT2D eigenvalue weighted by Gasteiger charge is -2.16. The van der Waals surface area contributed by atoms with Crippen molar-refractivity contribution in [3.63, 3.8) is 0 Å². The molecular formula is C23H16Cl2O2. The first-order chi connectivity index (χ1) is 13.1. The fourth-order valence-corrected chi connectivity index (χ4v) is 3.46. The standard InChI is InChI=1S/C23H16Cl2O2/c24-20(22(26)17-12-6-2-7-13-17)19(16-10-4-1-5-11-16)21(25)23(27)18-14-8-3-9-15-18/h1-15,20H. The third-order valence-electron chi connectivity index (χ3n) is 4.10. The minimum atomic E-state index is -1.09. The number of hydrogen-bond donors (Lipinski definition) is 0. The summed E-state index contributed by atoms with van der Waals surface area (Å²) in [5, 5.41) is -1.15. The van der Waals surface area contributed by atoms with Crippen molar-refractivity contribution in [1.29, 1.82) is 0 Å². The van der Waals surface area contributed by atoms with E-state index in [4.69, 9.17) is 23.2 Å². The Morgan fingerprint density at radius 2 is 1.04 bits per heavy atom. The van der Waals surface area contributed by atoms with Crippen molar-refractivity contribution >= 4 is 40.3 Å². The highest BCUT2D eigenvalue weighted by Gasteiger charge is 2.28. The normalized spacial score (nSPS) is 12.8. The minimum Gasteiger partial charge on any atom is -0.292 e. The first-order valence-electron chi connectivity index (χ1n) is 8.37. The number of halogens is 2. The first-order valence-corrected chi connectivity index (χ1v) is 9.19. The fraction of sp³-hybridized carbons (Fsp3) is 0.0435. The van der Waals surface area contributed by atoms with Crippen molar-refractivity contribution in [2.75, 3.05) is 0 Å². The maximum absolute atomic E-state index is 12.9. The predicted molar refractivity (Wildman–Crippen MR) is 110 cm³/mol. The van der Waals surface area contributed by atoms with Crippen molar-refractivity contribution in [2.45, 2.75) is 5.38 Å². The molecule has 0 saturated carbocycles. The number of Topliss-reactive ketones (excluding diaryl/α,β-unsaturated/α-hetero) is 2. The average Bonchev–Trinajstić information content (AvgIpc) is 2.74. The van der Waals surface area contributed by atoms with Crippen LogP contribution in [-0.2, 0) is 0 Å². The highest BCUT2D eigenvalue weighted by molar-refractivity contribution is 6.51. The second-order valence-electron chi connectivity index (χ2n) is 5.88. The third kappa shape index (κ3) is 4.36. The minimum absolute atomic E-state index is 0.0586. The van der Waals surface area contributed by atoms with Gasteiger partial charge in [0.1, 0.15) is 5.38 Å². The summed E-state index contributed by atoms with van der Waals surface area (Å²) < 4.78 is 0. The van der Waals surface area contributed by atoms with Crippen LogP contribution in [0.2, 0.25) is 0 Å². The van der Waals surface area contributed by atoms with E-state index in [-0.39, 0.29) is 16.6 Å². The highest BCUT2D eigenvalue weighted by Crippen LogP contribution is 2.32. The maximum atomic E-state index is 12.9. The van der Waals surface area contributed by atoms with Crippen LogP contribution in [0, 0.1) is 0 Å². The summed E-state index contributed by atoms with van der Waals surface area (Å²) in [7, 11) is 0. The highest BCUT2D eigenvalue weighted by atomic mass is 35.5. The van der Waals surface area contributed by atoms with Crippen LogP contribution in [0.3, 0.4) is 0 Å². The quantitative estimate of drug-likeness (QED) is 0.291. The topological polar surface area (TPSA) is 34.1 Å². The molecule has 3 aromatic carbocycles. The molecule has 0 heterocycles. The molecule has 3 aromatic rings. The van der Waals surface area contributed by atoms with Crippen molar-refractivity contribution in [3.05, 3.63) is 113 Å². The summed E-state index contributed by atoms with van der Waals surface area (Å²) in [6.07, 6.45) is 0. The summed E-state index contributed by atoms with van der Waals surface area (Å²) in [5.74, 6) is -0.683. The van der Waals surface area contributed by atoms with Crippen LogP contribution in [0.4, 0.5) is 0 Å². The van der Waals surface area contributed by atoms with E-state index in [1.807, 2.05) is 30.3 Å². The van der Waals surface area contributed by atoms with E-state index >= 15 is 0 Å². The largest absolute Gasteiger partial charge is 0.292 e. The van der Waals surface area contributed by atoms with Gasteiger partial charge in [-0.15, -0.1) is 11.6 Å². The molecule has 0 amide bonds. The first kappa shape index (κ1) is 19.1. The van der Waals surface area contributed by atoms with Gasteiger partial charge in [0.2, 0.25) is 5.78 Å². The van der Waals surface area contributed by atoms with Crippen LogP contribution >= 0.6 is 23.2 Å². The second-order valence-corrected chi connectivity index (χ2v) is 6.70. The third-order valence-corrected chi connectivity index (χ3v) is 4.89. The van der Waals surface area contributed by atoms with E-state index in [0.717, 1.165) is 0 Å². The number of carbonyl (C=O) groups excluding carboxylic acids is 2. The van der Waals surface area contributed by atoms with Crippen LogP contribution in [-0.4, -0.2) is 16.9 Å². The van der Waals surface area contributed by atoms with Gasteiger partial charge in [0, 0.05) is 16.7 Å². The zero-order valence-corrected chi connectivity index (χ0v) is 15.8. The van der Waals surface area contributed by atoms with Gasteiger partial charge < -0.3 is 0 Å². The van der Waals surface area contributed by atoms with Crippen LogP contribution < -0.4 is 0 Å². The van der Waals surface area contributed by atoms with Crippen LogP contribution in [0.15, 0.2) is 96.0 Å².